The summed E-state index contributed by atoms with van der Waals surface area (Å²) in [6.45, 7) is 0.964. The average Bonchev–Trinajstić information content (AvgIpc) is 3.59. The Morgan fingerprint density at radius 2 is 1.80 bits per heavy atom. The molecule has 0 spiro atoms. The van der Waals surface area contributed by atoms with E-state index in [1.807, 2.05) is 30.5 Å². The minimum absolute atomic E-state index is 0.0657. The number of anilines is 1. The Balaban J connectivity index is 1.35. The van der Waals surface area contributed by atoms with Gasteiger partial charge in [-0.3, -0.25) is 9.78 Å². The fourth-order valence-electron chi connectivity index (χ4n) is 5.85. The minimum Gasteiger partial charge on any atom is -0.369 e. The summed E-state index contributed by atoms with van der Waals surface area (Å²) in [6.07, 6.45) is 10.2. The summed E-state index contributed by atoms with van der Waals surface area (Å²) < 4.78 is 25.5. The maximum absolute atomic E-state index is 13.5. The first-order chi connectivity index (χ1) is 19.3. The summed E-state index contributed by atoms with van der Waals surface area (Å²) in [5.41, 5.74) is 3.73. The molecule has 11 heteroatoms. The van der Waals surface area contributed by atoms with Crippen molar-refractivity contribution in [3.05, 3.63) is 59.6 Å². The highest BCUT2D eigenvalue weighted by Gasteiger charge is 2.47. The molecule has 1 aliphatic heterocycles. The lowest BCUT2D eigenvalue weighted by Crippen LogP contribution is -2.42. The first-order valence-electron chi connectivity index (χ1n) is 13.8. The summed E-state index contributed by atoms with van der Waals surface area (Å²) in [6, 6.07) is 12.2. The van der Waals surface area contributed by atoms with Crippen LogP contribution in [0.3, 0.4) is 0 Å². The third-order valence-electron chi connectivity index (χ3n) is 8.37. The Morgan fingerprint density at radius 1 is 1.07 bits per heavy atom. The lowest BCUT2D eigenvalue weighted by Gasteiger charge is -2.31. The van der Waals surface area contributed by atoms with E-state index in [1.54, 1.807) is 23.1 Å². The topological polar surface area (TPSA) is 121 Å². The Kier molecular flexibility index (Phi) is 7.05. The molecule has 208 valence electrons. The number of amides is 1. The van der Waals surface area contributed by atoms with Crippen LogP contribution >= 0.6 is 11.6 Å². The highest BCUT2D eigenvalue weighted by Crippen LogP contribution is 2.43. The molecule has 2 saturated carbocycles. The minimum atomic E-state index is -2.96. The molecule has 3 aromatic rings. The molecule has 1 saturated heterocycles. The summed E-state index contributed by atoms with van der Waals surface area (Å²) in [5.74, 6) is -0.105. The van der Waals surface area contributed by atoms with E-state index >= 15 is 0 Å². The number of aromatic nitrogens is 3. The molecule has 2 aromatic heterocycles. The van der Waals surface area contributed by atoms with Crippen LogP contribution in [0.2, 0.25) is 5.02 Å². The van der Waals surface area contributed by atoms with Gasteiger partial charge >= 0.3 is 0 Å². The van der Waals surface area contributed by atoms with Crippen LogP contribution in [0.15, 0.2) is 48.9 Å². The van der Waals surface area contributed by atoms with Gasteiger partial charge in [-0.2, -0.15) is 10.4 Å². The van der Waals surface area contributed by atoms with E-state index in [4.69, 9.17) is 16.7 Å². The first-order valence-corrected chi connectivity index (χ1v) is 16.0. The second kappa shape index (κ2) is 10.5. The molecular weight excluding hydrogens is 548 g/mol. The van der Waals surface area contributed by atoms with Crippen LogP contribution in [0.25, 0.3) is 16.8 Å². The van der Waals surface area contributed by atoms with E-state index in [0.717, 1.165) is 53.9 Å². The maximum Gasteiger partial charge on any atom is 0.225 e. The van der Waals surface area contributed by atoms with Gasteiger partial charge in [0.15, 0.2) is 9.84 Å². The van der Waals surface area contributed by atoms with Crippen molar-refractivity contribution in [2.75, 3.05) is 29.5 Å². The Hall–Kier alpha value is -3.42. The van der Waals surface area contributed by atoms with E-state index in [-0.39, 0.29) is 29.2 Å². The van der Waals surface area contributed by atoms with Crippen LogP contribution in [0, 0.1) is 17.2 Å². The molecule has 1 amide bonds. The molecule has 1 N–H and O–H groups in total. The predicted octanol–water partition coefficient (Wildman–Crippen LogP) is 4.27. The number of rotatable bonds is 6. The van der Waals surface area contributed by atoms with Crippen LogP contribution in [-0.4, -0.2) is 59.2 Å². The SMILES string of the molecule is N#CC1(NC(=O)C2CCCCC2c2nn(-c3cncc(Cl)c3)cc2-c2ccc(N3CCS(=O)(=O)CC3)cc2)CC1. The Bertz CT molecular complexity index is 1560. The number of hydrogen-bond donors (Lipinski definition) is 1. The first kappa shape index (κ1) is 26.8. The molecule has 1 aromatic carbocycles. The summed E-state index contributed by atoms with van der Waals surface area (Å²) in [4.78, 5) is 19.8. The van der Waals surface area contributed by atoms with Gasteiger partial charge in [-0.05, 0) is 49.4 Å². The molecule has 2 unspecified atom stereocenters. The highest BCUT2D eigenvalue weighted by molar-refractivity contribution is 7.91. The molecule has 40 heavy (non-hydrogen) atoms. The number of hydrogen-bond acceptors (Lipinski definition) is 7. The molecule has 0 bridgehead atoms. The Labute approximate surface area is 239 Å². The van der Waals surface area contributed by atoms with E-state index in [9.17, 15) is 18.5 Å². The van der Waals surface area contributed by atoms with Crippen molar-refractivity contribution < 1.29 is 13.2 Å². The molecule has 6 rings (SSSR count). The van der Waals surface area contributed by atoms with Gasteiger partial charge in [0.1, 0.15) is 5.54 Å². The number of sulfone groups is 1. The van der Waals surface area contributed by atoms with Gasteiger partial charge in [-0.25, -0.2) is 13.1 Å². The molecule has 0 radical (unpaired) electrons. The van der Waals surface area contributed by atoms with E-state index in [2.05, 4.69) is 21.3 Å². The van der Waals surface area contributed by atoms with Gasteiger partial charge in [0.25, 0.3) is 0 Å². The van der Waals surface area contributed by atoms with E-state index < -0.39 is 15.4 Å². The largest absolute Gasteiger partial charge is 0.369 e. The standard InChI is InChI=1S/C29H31ClN6O3S/c30-21-15-23(17-32-16-21)36-18-26(20-5-7-22(8-6-20)35-11-13-40(38,39)14-12-35)27(34-36)24-3-1-2-4-25(24)28(37)33-29(19-31)9-10-29/h5-8,15-18,24-25H,1-4,9-14H2,(H,33,37). The highest BCUT2D eigenvalue weighted by atomic mass is 35.5. The maximum atomic E-state index is 13.5. The number of pyridine rings is 1. The third kappa shape index (κ3) is 5.45. The Morgan fingerprint density at radius 3 is 2.48 bits per heavy atom. The number of carbonyl (C=O) groups is 1. The van der Waals surface area contributed by atoms with E-state index in [0.29, 0.717) is 31.0 Å². The van der Waals surface area contributed by atoms with E-state index in [1.165, 1.54) is 0 Å². The van der Waals surface area contributed by atoms with Crippen LogP contribution < -0.4 is 10.2 Å². The van der Waals surface area contributed by atoms with Crippen LogP contribution in [0.1, 0.15) is 50.1 Å². The predicted molar refractivity (Wildman–Crippen MR) is 153 cm³/mol. The fourth-order valence-corrected chi connectivity index (χ4v) is 7.22. The van der Waals surface area contributed by atoms with Crippen molar-refractivity contribution in [3.63, 3.8) is 0 Å². The molecular formula is C29H31ClN6O3S. The van der Waals surface area contributed by atoms with Crippen molar-refractivity contribution in [1.82, 2.24) is 20.1 Å². The van der Waals surface area contributed by atoms with Crippen molar-refractivity contribution in [2.24, 2.45) is 5.92 Å². The van der Waals surface area contributed by atoms with Crippen molar-refractivity contribution >= 4 is 33.0 Å². The third-order valence-corrected chi connectivity index (χ3v) is 10.2. The number of nitriles is 1. The zero-order chi connectivity index (χ0) is 27.9. The quantitative estimate of drug-likeness (QED) is 0.463. The molecule has 9 nitrogen and oxygen atoms in total. The zero-order valence-corrected chi connectivity index (χ0v) is 23.7. The lowest BCUT2D eigenvalue weighted by molar-refractivity contribution is -0.127. The summed E-state index contributed by atoms with van der Waals surface area (Å²) >= 11 is 6.24. The summed E-state index contributed by atoms with van der Waals surface area (Å²) in [7, 11) is -2.96. The number of halogens is 1. The van der Waals surface area contributed by atoms with Crippen molar-refractivity contribution in [1.29, 1.82) is 5.26 Å². The van der Waals surface area contributed by atoms with Crippen LogP contribution in [0.4, 0.5) is 5.69 Å². The van der Waals surface area contributed by atoms with Gasteiger partial charge < -0.3 is 10.2 Å². The van der Waals surface area contributed by atoms with Gasteiger partial charge in [0.2, 0.25) is 5.91 Å². The monoisotopic (exact) mass is 578 g/mol. The van der Waals surface area contributed by atoms with Gasteiger partial charge in [0.05, 0.1) is 40.2 Å². The average molecular weight is 579 g/mol. The molecule has 3 aliphatic rings. The molecule has 3 fully saturated rings. The van der Waals surface area contributed by atoms with Gasteiger partial charge in [0, 0.05) is 48.6 Å². The van der Waals surface area contributed by atoms with Gasteiger partial charge in [-0.1, -0.05) is 36.6 Å². The van der Waals surface area contributed by atoms with Crippen LogP contribution in [-0.2, 0) is 14.6 Å². The smallest absolute Gasteiger partial charge is 0.225 e. The molecule has 3 heterocycles. The number of nitrogens with zero attached hydrogens (tertiary/aromatic N) is 5. The lowest BCUT2D eigenvalue weighted by atomic mass is 9.75. The molecule has 2 atom stereocenters. The van der Waals surface area contributed by atoms with Crippen LogP contribution in [0.5, 0.6) is 0 Å². The fraction of sp³-hybridized carbons (Fsp3) is 0.448. The van der Waals surface area contributed by atoms with Crippen molar-refractivity contribution in [2.45, 2.75) is 50.0 Å². The normalized spacial score (nSPS) is 23.2. The number of nitrogens with one attached hydrogen (secondary N) is 1. The second-order valence-corrected chi connectivity index (χ2v) is 13.8. The number of benzene rings is 1. The zero-order valence-electron chi connectivity index (χ0n) is 22.1. The van der Waals surface area contributed by atoms with Crippen molar-refractivity contribution in [3.8, 4) is 22.9 Å². The summed E-state index contributed by atoms with van der Waals surface area (Å²) in [5, 5.41) is 18.1. The van der Waals surface area contributed by atoms with Gasteiger partial charge in [-0.15, -0.1) is 0 Å². The number of carbonyl (C=O) groups excluding carboxylic acids is 1. The second-order valence-electron chi connectivity index (χ2n) is 11.1. The molecule has 2 aliphatic carbocycles.